The van der Waals surface area contributed by atoms with E-state index in [4.69, 9.17) is 0 Å². The molecule has 0 fully saturated rings. The number of rotatable bonds is 24. The van der Waals surface area contributed by atoms with Crippen molar-refractivity contribution >= 4 is 42.4 Å². The van der Waals surface area contributed by atoms with E-state index in [0.717, 1.165) is 47.1 Å². The van der Waals surface area contributed by atoms with Crippen LogP contribution < -0.4 is 10.6 Å². The number of nitrogens with one attached hydrogen (secondary N) is 2. The van der Waals surface area contributed by atoms with Gasteiger partial charge in [-0.25, -0.2) is 0 Å². The summed E-state index contributed by atoms with van der Waals surface area (Å²) in [6.45, 7) is 1.97. The molecule has 0 saturated carbocycles. The molecular weight excluding hydrogens is 505 g/mol. The first-order valence-electron chi connectivity index (χ1n) is 15.2. The highest BCUT2D eigenvalue weighted by Gasteiger charge is 2.09. The number of thiol groups is 2. The van der Waals surface area contributed by atoms with Crippen molar-refractivity contribution in [3.05, 3.63) is 59.7 Å². The van der Waals surface area contributed by atoms with Crippen LogP contribution in [0.3, 0.4) is 0 Å². The molecule has 0 bridgehead atoms. The monoisotopic (exact) mass is 556 g/mol. The lowest BCUT2D eigenvalue weighted by Crippen LogP contribution is -2.05. The van der Waals surface area contributed by atoms with Gasteiger partial charge in [0, 0.05) is 35.6 Å². The molecule has 2 rings (SSSR count). The summed E-state index contributed by atoms with van der Waals surface area (Å²) in [6, 6.07) is 15.8. The van der Waals surface area contributed by atoms with Gasteiger partial charge in [0.05, 0.1) is 0 Å². The van der Waals surface area contributed by atoms with Gasteiger partial charge in [-0.1, -0.05) is 77.0 Å². The summed E-state index contributed by atoms with van der Waals surface area (Å²) >= 11 is 8.53. The quantitative estimate of drug-likeness (QED) is 0.0591. The first-order valence-corrected chi connectivity index (χ1v) is 16.5. The Bertz CT molecular complexity index is 770. The van der Waals surface area contributed by atoms with E-state index < -0.39 is 0 Å². The van der Waals surface area contributed by atoms with Gasteiger partial charge in [-0.15, -0.1) is 0 Å². The van der Waals surface area contributed by atoms with Crippen LogP contribution in [0, 0.1) is 0 Å². The zero-order valence-electron chi connectivity index (χ0n) is 23.6. The zero-order valence-corrected chi connectivity index (χ0v) is 25.4. The molecule has 0 atom stereocenters. The minimum atomic E-state index is 0.0758. The molecule has 2 aromatic rings. The van der Waals surface area contributed by atoms with E-state index in [9.17, 15) is 4.79 Å². The number of ketones is 1. The number of carbonyl (C=O) groups excluding carboxylic acids is 1. The van der Waals surface area contributed by atoms with Crippen molar-refractivity contribution in [2.45, 2.75) is 103 Å². The topological polar surface area (TPSA) is 41.1 Å². The molecule has 0 radical (unpaired) electrons. The molecule has 0 saturated heterocycles. The first kappa shape index (κ1) is 32.6. The Kier molecular flexibility index (Phi) is 19.1. The Balaban J connectivity index is 1.57. The molecule has 5 heteroatoms. The minimum Gasteiger partial charge on any atom is -0.385 e. The third-order valence-corrected chi connectivity index (χ3v) is 7.75. The summed E-state index contributed by atoms with van der Waals surface area (Å²) in [5.74, 6) is 2.11. The molecule has 0 unspecified atom stereocenters. The number of anilines is 2. The Hall–Kier alpha value is -1.59. The van der Waals surface area contributed by atoms with Crippen LogP contribution in [0.1, 0.15) is 119 Å². The maximum absolute atomic E-state index is 12.9. The van der Waals surface area contributed by atoms with E-state index in [0.29, 0.717) is 0 Å². The van der Waals surface area contributed by atoms with Crippen LogP contribution in [-0.2, 0) is 0 Å². The fourth-order valence-electron chi connectivity index (χ4n) is 4.71. The third-order valence-electron chi connectivity index (χ3n) is 7.12. The number of unbranched alkanes of at least 4 members (excludes halogenated alkanes) is 14. The predicted molar refractivity (Wildman–Crippen MR) is 175 cm³/mol. The Morgan fingerprint density at radius 1 is 0.447 bits per heavy atom. The summed E-state index contributed by atoms with van der Waals surface area (Å²) in [4.78, 5) is 12.9. The lowest BCUT2D eigenvalue weighted by atomic mass is 10.0. The lowest BCUT2D eigenvalue weighted by molar-refractivity contribution is 0.103. The average molecular weight is 557 g/mol. The summed E-state index contributed by atoms with van der Waals surface area (Å²) in [5.41, 5.74) is 3.64. The molecule has 0 aliphatic carbocycles. The van der Waals surface area contributed by atoms with E-state index in [2.05, 4.69) is 35.9 Å². The van der Waals surface area contributed by atoms with Crippen molar-refractivity contribution in [3.63, 3.8) is 0 Å². The van der Waals surface area contributed by atoms with Gasteiger partial charge in [-0.3, -0.25) is 4.79 Å². The Labute approximate surface area is 244 Å². The smallest absolute Gasteiger partial charge is 0.193 e. The average Bonchev–Trinajstić information content (AvgIpc) is 2.95. The molecule has 2 aromatic carbocycles. The zero-order chi connectivity index (χ0) is 27.1. The third kappa shape index (κ3) is 15.1. The van der Waals surface area contributed by atoms with Crippen molar-refractivity contribution in [1.82, 2.24) is 0 Å². The van der Waals surface area contributed by atoms with E-state index in [1.165, 1.54) is 103 Å². The molecular formula is C33H52N2OS2. The Morgan fingerprint density at radius 3 is 1.05 bits per heavy atom. The summed E-state index contributed by atoms with van der Waals surface area (Å²) in [5, 5.41) is 6.98. The predicted octanol–water partition coefficient (Wildman–Crippen LogP) is 9.84. The molecule has 38 heavy (non-hydrogen) atoms. The van der Waals surface area contributed by atoms with E-state index in [1.54, 1.807) is 0 Å². The number of benzene rings is 2. The van der Waals surface area contributed by atoms with Crippen LogP contribution in [0.2, 0.25) is 0 Å². The molecule has 0 amide bonds. The lowest BCUT2D eigenvalue weighted by Gasteiger charge is -2.09. The molecule has 3 nitrogen and oxygen atoms in total. The molecule has 0 aliphatic heterocycles. The van der Waals surface area contributed by atoms with Crippen LogP contribution in [0.25, 0.3) is 0 Å². The summed E-state index contributed by atoms with van der Waals surface area (Å²) in [6.07, 6.45) is 20.8. The second-order valence-corrected chi connectivity index (χ2v) is 11.3. The van der Waals surface area contributed by atoms with Gasteiger partial charge < -0.3 is 10.6 Å². The van der Waals surface area contributed by atoms with Crippen molar-refractivity contribution in [3.8, 4) is 0 Å². The van der Waals surface area contributed by atoms with Gasteiger partial charge >= 0.3 is 0 Å². The number of carbonyl (C=O) groups is 1. The van der Waals surface area contributed by atoms with Gasteiger partial charge in [-0.2, -0.15) is 25.3 Å². The van der Waals surface area contributed by atoms with Crippen LogP contribution in [0.5, 0.6) is 0 Å². The Morgan fingerprint density at radius 2 is 0.737 bits per heavy atom. The van der Waals surface area contributed by atoms with Gasteiger partial charge in [0.2, 0.25) is 0 Å². The van der Waals surface area contributed by atoms with Crippen molar-refractivity contribution in [1.29, 1.82) is 0 Å². The largest absolute Gasteiger partial charge is 0.385 e. The first-order chi connectivity index (χ1) is 18.7. The van der Waals surface area contributed by atoms with Crippen molar-refractivity contribution < 1.29 is 4.79 Å². The molecule has 0 aliphatic rings. The molecule has 212 valence electrons. The maximum Gasteiger partial charge on any atom is 0.193 e. The standard InChI is InChI=1S/C33H52N2OS2/c36-33(29-17-21-31(22-18-29)34-25-13-9-5-1-3-7-11-15-27-37)30-19-23-32(24-20-30)35-26-14-10-6-2-4-8-12-16-28-38/h17-24,34-35,37-38H,1-16,25-28H2. The highest BCUT2D eigenvalue weighted by atomic mass is 32.1. The highest BCUT2D eigenvalue weighted by Crippen LogP contribution is 2.17. The maximum atomic E-state index is 12.9. The fraction of sp³-hybridized carbons (Fsp3) is 0.606. The van der Waals surface area contributed by atoms with Crippen LogP contribution in [0.15, 0.2) is 48.5 Å². The normalized spacial score (nSPS) is 11.0. The van der Waals surface area contributed by atoms with Crippen LogP contribution in [0.4, 0.5) is 11.4 Å². The highest BCUT2D eigenvalue weighted by molar-refractivity contribution is 7.80. The van der Waals surface area contributed by atoms with Crippen LogP contribution >= 0.6 is 25.3 Å². The molecule has 2 N–H and O–H groups in total. The van der Waals surface area contributed by atoms with Gasteiger partial charge in [0.1, 0.15) is 0 Å². The van der Waals surface area contributed by atoms with E-state index in [1.807, 2.05) is 48.5 Å². The summed E-state index contributed by atoms with van der Waals surface area (Å²) in [7, 11) is 0. The second-order valence-electron chi connectivity index (χ2n) is 10.4. The van der Waals surface area contributed by atoms with E-state index >= 15 is 0 Å². The minimum absolute atomic E-state index is 0.0758. The van der Waals surface area contributed by atoms with Gasteiger partial charge in [0.15, 0.2) is 5.78 Å². The van der Waals surface area contributed by atoms with Gasteiger partial charge in [0.25, 0.3) is 0 Å². The molecule has 0 spiro atoms. The fourth-order valence-corrected chi connectivity index (χ4v) is 5.15. The number of hydrogen-bond acceptors (Lipinski definition) is 5. The van der Waals surface area contributed by atoms with E-state index in [-0.39, 0.29) is 5.78 Å². The van der Waals surface area contributed by atoms with Gasteiger partial charge in [-0.05, 0) is 85.7 Å². The second kappa shape index (κ2) is 22.2. The molecule has 0 heterocycles. The van der Waals surface area contributed by atoms with Crippen LogP contribution in [-0.4, -0.2) is 30.4 Å². The molecule has 0 aromatic heterocycles. The van der Waals surface area contributed by atoms with Crippen molar-refractivity contribution in [2.75, 3.05) is 35.2 Å². The van der Waals surface area contributed by atoms with Crippen molar-refractivity contribution in [2.24, 2.45) is 0 Å². The number of hydrogen-bond donors (Lipinski definition) is 4. The SMILES string of the molecule is O=C(c1ccc(NCCCCCCCCCCS)cc1)c1ccc(NCCCCCCCCCCS)cc1. The summed E-state index contributed by atoms with van der Waals surface area (Å²) < 4.78 is 0.